The van der Waals surface area contributed by atoms with Crippen molar-refractivity contribution in [1.82, 2.24) is 8.96 Å². The second-order valence-corrected chi connectivity index (χ2v) is 8.72. The van der Waals surface area contributed by atoms with Gasteiger partial charge in [-0.1, -0.05) is 18.2 Å². The van der Waals surface area contributed by atoms with E-state index in [9.17, 15) is 17.6 Å². The predicted octanol–water partition coefficient (Wildman–Crippen LogP) is 4.05. The van der Waals surface area contributed by atoms with Crippen LogP contribution in [0.2, 0.25) is 0 Å². The average molecular weight is 453 g/mol. The maximum atomic E-state index is 14.0. The summed E-state index contributed by atoms with van der Waals surface area (Å²) in [6.45, 7) is 2.00. The number of carbonyl (C=O) groups excluding carboxylic acids is 1. The molecule has 0 aliphatic heterocycles. The number of hydrogen-bond donors (Lipinski definition) is 1. The first kappa shape index (κ1) is 21.5. The molecule has 0 radical (unpaired) electrons. The minimum atomic E-state index is -3.94. The van der Waals surface area contributed by atoms with Crippen LogP contribution in [0.5, 0.6) is 0 Å². The molecule has 0 spiro atoms. The highest BCUT2D eigenvalue weighted by molar-refractivity contribution is 7.90. The number of anilines is 1. The number of nitrogens with zero attached hydrogens (tertiary/aromatic N) is 2. The Labute approximate surface area is 184 Å². The largest absolute Gasteiger partial charge is 0.465 e. The molecule has 0 fully saturated rings. The molecular weight excluding hydrogens is 433 g/mol. The number of carbonyl (C=O) groups is 1. The molecule has 164 valence electrons. The van der Waals surface area contributed by atoms with Crippen molar-refractivity contribution in [3.05, 3.63) is 78.9 Å². The first-order valence-electron chi connectivity index (χ1n) is 9.87. The topological polar surface area (TPSA) is 90.3 Å². The van der Waals surface area contributed by atoms with Gasteiger partial charge in [0.05, 0.1) is 17.0 Å². The lowest BCUT2D eigenvalue weighted by atomic mass is 10.1. The lowest BCUT2D eigenvalue weighted by Crippen LogP contribution is -2.17. The number of hydrogen-bond acceptors (Lipinski definition) is 6. The van der Waals surface area contributed by atoms with Crippen molar-refractivity contribution in [3.63, 3.8) is 0 Å². The Kier molecular flexibility index (Phi) is 5.91. The molecule has 32 heavy (non-hydrogen) atoms. The molecule has 0 unspecified atom stereocenters. The van der Waals surface area contributed by atoms with E-state index in [2.05, 4.69) is 10.3 Å². The van der Waals surface area contributed by atoms with Crippen LogP contribution in [-0.4, -0.2) is 36.5 Å². The van der Waals surface area contributed by atoms with Crippen LogP contribution >= 0.6 is 0 Å². The predicted molar refractivity (Wildman–Crippen MR) is 119 cm³/mol. The molecule has 0 aliphatic rings. The third-order valence-electron chi connectivity index (χ3n) is 4.83. The summed E-state index contributed by atoms with van der Waals surface area (Å²) in [7, 11) is -3.94. The Morgan fingerprint density at radius 2 is 1.91 bits per heavy atom. The molecule has 2 aromatic carbocycles. The quantitative estimate of drug-likeness (QED) is 0.425. The van der Waals surface area contributed by atoms with Gasteiger partial charge in [0.25, 0.3) is 10.0 Å². The summed E-state index contributed by atoms with van der Waals surface area (Å²) in [5.74, 6) is -0.466. The molecule has 0 saturated carbocycles. The Bertz CT molecular complexity index is 1370. The average Bonchev–Trinajstić information content (AvgIpc) is 3.18. The Hall–Kier alpha value is -3.72. The van der Waals surface area contributed by atoms with Crippen LogP contribution in [0, 0.1) is 5.82 Å². The molecule has 0 atom stereocenters. The van der Waals surface area contributed by atoms with E-state index < -0.39 is 21.8 Å². The fourth-order valence-corrected chi connectivity index (χ4v) is 4.72. The lowest BCUT2D eigenvalue weighted by Gasteiger charge is -2.07. The summed E-state index contributed by atoms with van der Waals surface area (Å²) >= 11 is 0. The standard InChI is InChI=1S/C23H20FN3O4S/c1-2-31-23(28)14-26-22-11-8-16(13-25-22)20-15-27(21-12-17(24)9-10-19(20)21)32(29,30)18-6-4-3-5-7-18/h3-13,15H,2,14H2,1H3,(H,25,26). The second-order valence-electron chi connectivity index (χ2n) is 6.91. The molecule has 9 heteroatoms. The van der Waals surface area contributed by atoms with E-state index in [1.165, 1.54) is 30.5 Å². The van der Waals surface area contributed by atoms with Gasteiger partial charge in [-0.15, -0.1) is 0 Å². The van der Waals surface area contributed by atoms with Crippen LogP contribution in [0.1, 0.15) is 6.92 Å². The lowest BCUT2D eigenvalue weighted by molar-refractivity contribution is -0.140. The molecule has 0 aliphatic carbocycles. The van der Waals surface area contributed by atoms with Gasteiger partial charge < -0.3 is 10.1 Å². The molecule has 0 amide bonds. The van der Waals surface area contributed by atoms with E-state index in [0.717, 1.165) is 3.97 Å². The van der Waals surface area contributed by atoms with Gasteiger partial charge in [0.2, 0.25) is 0 Å². The number of ether oxygens (including phenoxy) is 1. The number of aromatic nitrogens is 2. The number of fused-ring (bicyclic) bond motifs is 1. The third kappa shape index (κ3) is 4.19. The fourth-order valence-electron chi connectivity index (χ4n) is 3.34. The van der Waals surface area contributed by atoms with E-state index in [4.69, 9.17) is 4.74 Å². The van der Waals surface area contributed by atoms with Gasteiger partial charge in [0.1, 0.15) is 18.2 Å². The first-order chi connectivity index (χ1) is 15.4. The molecule has 1 N–H and O–H groups in total. The van der Waals surface area contributed by atoms with Gasteiger partial charge >= 0.3 is 5.97 Å². The third-order valence-corrected chi connectivity index (χ3v) is 6.52. The van der Waals surface area contributed by atoms with Gasteiger partial charge in [-0.3, -0.25) is 4.79 Å². The monoisotopic (exact) mass is 453 g/mol. The number of halogens is 1. The number of nitrogens with one attached hydrogen (secondary N) is 1. The molecule has 4 aromatic rings. The van der Waals surface area contributed by atoms with Crippen molar-refractivity contribution in [2.45, 2.75) is 11.8 Å². The van der Waals surface area contributed by atoms with Crippen LogP contribution < -0.4 is 5.32 Å². The summed E-state index contributed by atoms with van der Waals surface area (Å²) in [5.41, 5.74) is 1.46. The van der Waals surface area contributed by atoms with Crippen molar-refractivity contribution >= 4 is 32.7 Å². The number of rotatable bonds is 7. The van der Waals surface area contributed by atoms with Crippen molar-refractivity contribution < 1.29 is 22.3 Å². The van der Waals surface area contributed by atoms with Gasteiger partial charge in [-0.2, -0.15) is 0 Å². The van der Waals surface area contributed by atoms with Gasteiger partial charge in [-0.25, -0.2) is 21.8 Å². The van der Waals surface area contributed by atoms with E-state index in [1.807, 2.05) is 0 Å². The minimum absolute atomic E-state index is 0.0198. The number of benzene rings is 2. The molecular formula is C23H20FN3O4S. The normalized spacial score (nSPS) is 11.4. The van der Waals surface area contributed by atoms with Crippen molar-refractivity contribution in [2.24, 2.45) is 0 Å². The van der Waals surface area contributed by atoms with E-state index in [1.54, 1.807) is 49.5 Å². The summed E-state index contributed by atoms with van der Waals surface area (Å²) < 4.78 is 46.4. The zero-order valence-electron chi connectivity index (χ0n) is 17.2. The summed E-state index contributed by atoms with van der Waals surface area (Å²) in [6, 6.07) is 15.4. The Morgan fingerprint density at radius 3 is 2.59 bits per heavy atom. The Morgan fingerprint density at radius 1 is 1.12 bits per heavy atom. The Balaban J connectivity index is 1.74. The van der Waals surface area contributed by atoms with Crippen LogP contribution in [0.25, 0.3) is 22.0 Å². The molecule has 2 aromatic heterocycles. The summed E-state index contributed by atoms with van der Waals surface area (Å²) in [4.78, 5) is 15.9. The molecule has 4 rings (SSSR count). The highest BCUT2D eigenvalue weighted by atomic mass is 32.2. The van der Waals surface area contributed by atoms with E-state index in [-0.39, 0.29) is 17.0 Å². The van der Waals surface area contributed by atoms with Gasteiger partial charge in [0, 0.05) is 28.9 Å². The van der Waals surface area contributed by atoms with E-state index in [0.29, 0.717) is 28.9 Å². The maximum Gasteiger partial charge on any atom is 0.325 e. The maximum absolute atomic E-state index is 14.0. The molecule has 0 bridgehead atoms. The van der Waals surface area contributed by atoms with Gasteiger partial charge in [0.15, 0.2) is 0 Å². The van der Waals surface area contributed by atoms with E-state index >= 15 is 0 Å². The SMILES string of the molecule is CCOC(=O)CNc1ccc(-c2cn(S(=O)(=O)c3ccccc3)c3cc(F)ccc23)cn1. The summed E-state index contributed by atoms with van der Waals surface area (Å²) in [5, 5.41) is 3.44. The van der Waals surface area contributed by atoms with Crippen LogP contribution in [0.4, 0.5) is 10.2 Å². The van der Waals surface area contributed by atoms with Crippen molar-refractivity contribution in [2.75, 3.05) is 18.5 Å². The minimum Gasteiger partial charge on any atom is -0.465 e. The first-order valence-corrected chi connectivity index (χ1v) is 11.3. The molecule has 7 nitrogen and oxygen atoms in total. The number of esters is 1. The zero-order chi connectivity index (χ0) is 22.7. The smallest absolute Gasteiger partial charge is 0.325 e. The van der Waals surface area contributed by atoms with Crippen LogP contribution in [-0.2, 0) is 19.6 Å². The van der Waals surface area contributed by atoms with Crippen molar-refractivity contribution in [1.29, 1.82) is 0 Å². The van der Waals surface area contributed by atoms with Crippen LogP contribution in [0.15, 0.2) is 78.0 Å². The highest BCUT2D eigenvalue weighted by Gasteiger charge is 2.22. The molecule has 0 saturated heterocycles. The number of pyridine rings is 1. The summed E-state index contributed by atoms with van der Waals surface area (Å²) in [6.07, 6.45) is 3.03. The zero-order valence-corrected chi connectivity index (χ0v) is 18.0. The second kappa shape index (κ2) is 8.80. The van der Waals surface area contributed by atoms with Gasteiger partial charge in [-0.05, 0) is 49.4 Å². The molecule has 2 heterocycles. The fraction of sp³-hybridized carbons (Fsp3) is 0.130. The highest BCUT2D eigenvalue weighted by Crippen LogP contribution is 2.33. The van der Waals surface area contributed by atoms with Crippen LogP contribution in [0.3, 0.4) is 0 Å². The van der Waals surface area contributed by atoms with Crippen molar-refractivity contribution in [3.8, 4) is 11.1 Å².